The molecule has 0 fully saturated rings. The van der Waals surface area contributed by atoms with Crippen LogP contribution in [0.1, 0.15) is 17.4 Å². The molecule has 1 aliphatic rings. The monoisotopic (exact) mass is 195 g/mol. The van der Waals surface area contributed by atoms with Gasteiger partial charge in [0, 0.05) is 16.3 Å². The third-order valence-electron chi connectivity index (χ3n) is 2.43. The number of nitrogens with two attached hydrogens (primary N) is 1. The minimum absolute atomic E-state index is 0.0601. The Morgan fingerprint density at radius 2 is 2.23 bits per heavy atom. The van der Waals surface area contributed by atoms with Crippen molar-refractivity contribution in [2.45, 2.75) is 26.9 Å². The quantitative estimate of drug-likeness (QED) is 0.603. The summed E-state index contributed by atoms with van der Waals surface area (Å²) in [5.41, 5.74) is 1.30. The summed E-state index contributed by atoms with van der Waals surface area (Å²) < 4.78 is 1.12. The van der Waals surface area contributed by atoms with E-state index in [0.717, 1.165) is 4.67 Å². The van der Waals surface area contributed by atoms with Crippen LogP contribution in [0.4, 0.5) is 0 Å². The fraction of sp³-hybridized carbons (Fsp3) is 0.444. The van der Waals surface area contributed by atoms with E-state index < -0.39 is 0 Å². The van der Waals surface area contributed by atoms with Gasteiger partial charge in [0.05, 0.1) is 0 Å². The number of thiophene rings is 1. The van der Waals surface area contributed by atoms with Crippen molar-refractivity contribution in [1.29, 1.82) is 0 Å². The van der Waals surface area contributed by atoms with E-state index in [9.17, 15) is 0 Å². The average molecular weight is 195 g/mol. The summed E-state index contributed by atoms with van der Waals surface area (Å²) in [6.07, 6.45) is 2.04. The van der Waals surface area contributed by atoms with Gasteiger partial charge < -0.3 is 0 Å². The fourth-order valence-electron chi connectivity index (χ4n) is 1.37. The van der Waals surface area contributed by atoms with Crippen LogP contribution in [0.3, 0.4) is 0 Å². The summed E-state index contributed by atoms with van der Waals surface area (Å²) in [7, 11) is 0. The topological polar surface area (TPSA) is 41.6 Å². The third-order valence-corrected chi connectivity index (χ3v) is 3.56. The first-order chi connectivity index (χ1) is 6.09. The molecule has 2 N–H and O–H groups in total. The molecule has 0 saturated carbocycles. The summed E-state index contributed by atoms with van der Waals surface area (Å²) in [5, 5.41) is 2.84. The molecule has 0 aliphatic carbocycles. The molecule has 0 aromatic carbocycles. The van der Waals surface area contributed by atoms with Crippen molar-refractivity contribution in [3.05, 3.63) is 20.3 Å². The van der Waals surface area contributed by atoms with Crippen LogP contribution < -0.4 is 15.7 Å². The number of hydrazine groups is 1. The van der Waals surface area contributed by atoms with Crippen LogP contribution in [-0.4, -0.2) is 11.2 Å². The van der Waals surface area contributed by atoms with Crippen LogP contribution in [-0.2, 0) is 0 Å². The molecule has 0 saturated heterocycles. The lowest BCUT2D eigenvalue weighted by Gasteiger charge is -2.20. The van der Waals surface area contributed by atoms with Gasteiger partial charge in [0.25, 0.3) is 0 Å². The minimum Gasteiger partial charge on any atom is -0.294 e. The van der Waals surface area contributed by atoms with Crippen molar-refractivity contribution >= 4 is 17.5 Å². The van der Waals surface area contributed by atoms with Gasteiger partial charge in [-0.3, -0.25) is 5.01 Å². The lowest BCUT2D eigenvalue weighted by molar-refractivity contribution is 0.333. The maximum absolute atomic E-state index is 5.76. The Balaban J connectivity index is 2.77. The molecule has 4 heteroatoms. The van der Waals surface area contributed by atoms with Crippen molar-refractivity contribution in [2.24, 2.45) is 10.8 Å². The summed E-state index contributed by atoms with van der Waals surface area (Å²) in [4.78, 5) is 5.82. The zero-order valence-corrected chi connectivity index (χ0v) is 8.85. The van der Waals surface area contributed by atoms with Gasteiger partial charge >= 0.3 is 0 Å². The number of fused-ring (bicyclic) bond motifs is 1. The maximum Gasteiger partial charge on any atom is 0.133 e. The summed E-state index contributed by atoms with van der Waals surface area (Å²) >= 11 is 1.74. The molecule has 70 valence electrons. The molecule has 2 heterocycles. The second kappa shape index (κ2) is 2.82. The highest BCUT2D eigenvalue weighted by atomic mass is 32.1. The average Bonchev–Trinajstić information content (AvgIpc) is 2.32. The lowest BCUT2D eigenvalue weighted by Crippen LogP contribution is -2.42. The zero-order valence-electron chi connectivity index (χ0n) is 8.03. The van der Waals surface area contributed by atoms with Gasteiger partial charge in [0.15, 0.2) is 0 Å². The second-order valence-electron chi connectivity index (χ2n) is 3.34. The molecule has 3 nitrogen and oxygen atoms in total. The van der Waals surface area contributed by atoms with Gasteiger partial charge in [-0.05, 0) is 26.3 Å². The van der Waals surface area contributed by atoms with Crippen LogP contribution in [0, 0.1) is 13.8 Å². The minimum atomic E-state index is 0.0601. The Morgan fingerprint density at radius 1 is 1.54 bits per heavy atom. The Morgan fingerprint density at radius 3 is 2.92 bits per heavy atom. The van der Waals surface area contributed by atoms with Crippen molar-refractivity contribution in [2.75, 3.05) is 0 Å². The Labute approximate surface area is 81.2 Å². The van der Waals surface area contributed by atoms with Gasteiger partial charge in [0.1, 0.15) is 10.8 Å². The number of nitrogens with zero attached hydrogens (tertiary/aromatic N) is 2. The molecule has 1 aliphatic heterocycles. The van der Waals surface area contributed by atoms with Crippen LogP contribution in [0.2, 0.25) is 0 Å². The van der Waals surface area contributed by atoms with Crippen LogP contribution in [0.25, 0.3) is 6.20 Å². The molecule has 13 heavy (non-hydrogen) atoms. The summed E-state index contributed by atoms with van der Waals surface area (Å²) in [5.74, 6) is 5.76. The summed E-state index contributed by atoms with van der Waals surface area (Å²) in [6, 6.07) is 0. The first kappa shape index (κ1) is 8.72. The van der Waals surface area contributed by atoms with Crippen molar-refractivity contribution in [1.82, 2.24) is 5.01 Å². The van der Waals surface area contributed by atoms with Crippen LogP contribution in [0.5, 0.6) is 0 Å². The molecular weight excluding hydrogens is 182 g/mol. The molecule has 0 radical (unpaired) electrons. The Kier molecular flexibility index (Phi) is 1.89. The number of rotatable bonds is 0. The van der Waals surface area contributed by atoms with Gasteiger partial charge in [-0.2, -0.15) is 0 Å². The Hall–Kier alpha value is -0.870. The molecular formula is C9H13N3S. The zero-order chi connectivity index (χ0) is 9.59. The molecule has 0 spiro atoms. The highest BCUT2D eigenvalue weighted by molar-refractivity contribution is 7.09. The van der Waals surface area contributed by atoms with E-state index in [1.54, 1.807) is 16.3 Å². The molecule has 1 aromatic rings. The normalized spacial score (nSPS) is 20.6. The van der Waals surface area contributed by atoms with Crippen molar-refractivity contribution in [3.8, 4) is 0 Å². The van der Waals surface area contributed by atoms with Gasteiger partial charge in [-0.15, -0.1) is 11.3 Å². The van der Waals surface area contributed by atoms with E-state index in [0.29, 0.717) is 0 Å². The largest absolute Gasteiger partial charge is 0.294 e. The van der Waals surface area contributed by atoms with E-state index >= 15 is 0 Å². The maximum atomic E-state index is 5.76. The van der Waals surface area contributed by atoms with Gasteiger partial charge in [0.2, 0.25) is 0 Å². The molecule has 2 rings (SSSR count). The smallest absolute Gasteiger partial charge is 0.133 e. The van der Waals surface area contributed by atoms with Crippen molar-refractivity contribution < 1.29 is 0 Å². The van der Waals surface area contributed by atoms with Crippen LogP contribution >= 0.6 is 11.3 Å². The fourth-order valence-corrected chi connectivity index (χ4v) is 2.44. The predicted molar refractivity (Wildman–Crippen MR) is 54.5 cm³/mol. The molecule has 1 aromatic heterocycles. The third kappa shape index (κ3) is 1.26. The van der Waals surface area contributed by atoms with E-state index in [-0.39, 0.29) is 6.17 Å². The van der Waals surface area contributed by atoms with E-state index in [1.165, 1.54) is 15.7 Å². The molecule has 0 bridgehead atoms. The molecule has 1 atom stereocenters. The van der Waals surface area contributed by atoms with Crippen LogP contribution in [0.15, 0.2) is 4.99 Å². The number of hydrogen-bond acceptors (Lipinski definition) is 4. The molecule has 0 amide bonds. The first-order valence-electron chi connectivity index (χ1n) is 4.28. The Bertz CT molecular complexity index is 446. The summed E-state index contributed by atoms with van der Waals surface area (Å²) in [6.45, 7) is 6.22. The standard InChI is InChI=1S/C9H13N3S/c1-5-6(2)13-9-8(5)4-12(10)7(3)11-9/h4,7H,10H2,1-3H3. The van der Waals surface area contributed by atoms with E-state index in [4.69, 9.17) is 5.84 Å². The number of hydrogen-bond donors (Lipinski definition) is 1. The van der Waals surface area contributed by atoms with E-state index in [2.05, 4.69) is 18.8 Å². The van der Waals surface area contributed by atoms with Crippen molar-refractivity contribution in [3.63, 3.8) is 0 Å². The van der Waals surface area contributed by atoms with Gasteiger partial charge in [-0.25, -0.2) is 10.8 Å². The SMILES string of the molecule is Cc1sc2c(c1C)=CN(N)C(C)N=2. The first-order valence-corrected chi connectivity index (χ1v) is 5.10. The highest BCUT2D eigenvalue weighted by Gasteiger charge is 2.12. The highest BCUT2D eigenvalue weighted by Crippen LogP contribution is 2.07. The lowest BCUT2D eigenvalue weighted by atomic mass is 10.2. The number of aryl methyl sites for hydroxylation is 1. The molecule has 1 unspecified atom stereocenters. The van der Waals surface area contributed by atoms with Gasteiger partial charge in [-0.1, -0.05) is 0 Å². The second-order valence-corrected chi connectivity index (χ2v) is 4.54. The predicted octanol–water partition coefficient (Wildman–Crippen LogP) is 0.258. The van der Waals surface area contributed by atoms with E-state index in [1.807, 2.05) is 13.1 Å².